The number of piperazine rings is 1. The summed E-state index contributed by atoms with van der Waals surface area (Å²) in [6, 6.07) is 14.2. The van der Waals surface area contributed by atoms with Crippen LogP contribution in [0.25, 0.3) is 0 Å². The van der Waals surface area contributed by atoms with E-state index >= 15 is 0 Å². The van der Waals surface area contributed by atoms with Gasteiger partial charge in [-0.1, -0.05) is 36.7 Å². The van der Waals surface area contributed by atoms with Crippen LogP contribution in [0.3, 0.4) is 0 Å². The zero-order valence-electron chi connectivity index (χ0n) is 19.9. The largest absolute Gasteiger partial charge is 0.454 e. The summed E-state index contributed by atoms with van der Waals surface area (Å²) in [4.78, 5) is 4.96. The van der Waals surface area contributed by atoms with Crippen molar-refractivity contribution in [2.24, 2.45) is 0 Å². The molecule has 2 aromatic carbocycles. The van der Waals surface area contributed by atoms with Gasteiger partial charge in [-0.25, -0.2) is 4.68 Å². The van der Waals surface area contributed by atoms with Crippen LogP contribution in [0, 0.1) is 0 Å². The molecule has 34 heavy (non-hydrogen) atoms. The zero-order chi connectivity index (χ0) is 23.7. The number of hydrogen-bond acceptors (Lipinski definition) is 7. The van der Waals surface area contributed by atoms with Crippen LogP contribution in [0.5, 0.6) is 11.5 Å². The fourth-order valence-electron chi connectivity index (χ4n) is 4.59. The summed E-state index contributed by atoms with van der Waals surface area (Å²) in [7, 11) is 0. The molecular weight excluding hydrogens is 452 g/mol. The number of ether oxygens (including phenoxy) is 2. The van der Waals surface area contributed by atoms with Crippen LogP contribution in [0.4, 0.5) is 0 Å². The average Bonchev–Trinajstić information content (AvgIpc) is 3.51. The molecule has 0 spiro atoms. The highest BCUT2D eigenvalue weighted by molar-refractivity contribution is 6.30. The molecule has 0 aliphatic carbocycles. The first-order valence-electron chi connectivity index (χ1n) is 11.8. The van der Waals surface area contributed by atoms with Gasteiger partial charge in [-0.2, -0.15) is 0 Å². The van der Waals surface area contributed by atoms with E-state index in [1.807, 2.05) is 22.9 Å². The van der Waals surface area contributed by atoms with E-state index in [1.165, 1.54) is 5.56 Å². The highest BCUT2D eigenvalue weighted by atomic mass is 35.5. The van der Waals surface area contributed by atoms with Gasteiger partial charge in [-0.05, 0) is 66.1 Å². The molecule has 5 rings (SSSR count). The van der Waals surface area contributed by atoms with Gasteiger partial charge in [-0.3, -0.25) is 9.80 Å². The summed E-state index contributed by atoms with van der Waals surface area (Å²) >= 11 is 6.20. The van der Waals surface area contributed by atoms with Gasteiger partial charge in [0.05, 0.1) is 11.6 Å². The lowest BCUT2D eigenvalue weighted by molar-refractivity contribution is 0.0972. The summed E-state index contributed by atoms with van der Waals surface area (Å²) in [6.45, 7) is 11.4. The number of rotatable bonds is 7. The third-order valence-corrected chi connectivity index (χ3v) is 7.23. The molecule has 1 fully saturated rings. The second-order valence-electron chi connectivity index (χ2n) is 9.57. The van der Waals surface area contributed by atoms with Gasteiger partial charge in [-0.15, -0.1) is 5.10 Å². The van der Waals surface area contributed by atoms with Crippen molar-refractivity contribution >= 4 is 11.6 Å². The van der Waals surface area contributed by atoms with Gasteiger partial charge < -0.3 is 9.47 Å². The second kappa shape index (κ2) is 9.52. The Hall–Kier alpha value is -2.68. The van der Waals surface area contributed by atoms with Crippen molar-refractivity contribution in [1.82, 2.24) is 30.0 Å². The summed E-state index contributed by atoms with van der Waals surface area (Å²) < 4.78 is 13.0. The van der Waals surface area contributed by atoms with E-state index in [0.717, 1.165) is 67.1 Å². The van der Waals surface area contributed by atoms with Crippen LogP contribution >= 0.6 is 11.6 Å². The van der Waals surface area contributed by atoms with E-state index < -0.39 is 0 Å². The van der Waals surface area contributed by atoms with E-state index in [1.54, 1.807) is 0 Å². The molecule has 0 amide bonds. The van der Waals surface area contributed by atoms with Crippen LogP contribution in [0.1, 0.15) is 50.2 Å². The van der Waals surface area contributed by atoms with Gasteiger partial charge in [0.25, 0.3) is 0 Å². The number of nitrogens with zero attached hydrogens (tertiary/aromatic N) is 6. The molecule has 1 saturated heterocycles. The van der Waals surface area contributed by atoms with Crippen molar-refractivity contribution in [3.63, 3.8) is 0 Å². The third-order valence-electron chi connectivity index (χ3n) is 6.98. The number of fused-ring (bicyclic) bond motifs is 1. The molecule has 0 saturated carbocycles. The molecule has 1 atom stereocenters. The van der Waals surface area contributed by atoms with Gasteiger partial charge in [0.2, 0.25) is 6.79 Å². The van der Waals surface area contributed by atoms with Gasteiger partial charge in [0.15, 0.2) is 17.3 Å². The zero-order valence-corrected chi connectivity index (χ0v) is 20.7. The highest BCUT2D eigenvalue weighted by Gasteiger charge is 2.34. The van der Waals surface area contributed by atoms with Crippen molar-refractivity contribution in [3.05, 3.63) is 64.4 Å². The number of aromatic nitrogens is 4. The molecule has 0 unspecified atom stereocenters. The Morgan fingerprint density at radius 2 is 1.74 bits per heavy atom. The fraction of sp³-hybridized carbons (Fsp3) is 0.480. The Balaban J connectivity index is 1.35. The number of tetrazole rings is 1. The third kappa shape index (κ3) is 4.62. The first kappa shape index (κ1) is 23.1. The minimum absolute atomic E-state index is 0.0363. The minimum atomic E-state index is -0.176. The second-order valence-corrected chi connectivity index (χ2v) is 10.0. The van der Waals surface area contributed by atoms with E-state index in [2.05, 4.69) is 70.4 Å². The first-order chi connectivity index (χ1) is 16.4. The molecule has 180 valence electrons. The van der Waals surface area contributed by atoms with Crippen molar-refractivity contribution < 1.29 is 9.47 Å². The summed E-state index contributed by atoms with van der Waals surface area (Å²) in [6.07, 6.45) is 0.932. The SMILES string of the molecule is CCC(C)(C)n1nnnc1[C@@H](c1ccc(Cl)cc1)N1CCN(Cc2ccc3c(c2)OCO3)CC1. The molecule has 9 heteroatoms. The minimum Gasteiger partial charge on any atom is -0.454 e. The van der Waals surface area contributed by atoms with Crippen LogP contribution in [-0.2, 0) is 12.1 Å². The average molecular weight is 483 g/mol. The summed E-state index contributed by atoms with van der Waals surface area (Å²) in [5.74, 6) is 2.54. The smallest absolute Gasteiger partial charge is 0.231 e. The standard InChI is InChI=1S/C25H31ClN6O2/c1-4-25(2,3)32-24(27-28-29-32)23(19-6-8-20(26)9-7-19)31-13-11-30(12-14-31)16-18-5-10-21-22(15-18)34-17-33-21/h5-10,15,23H,4,11-14,16-17H2,1-3H3/t23-/m1/s1. The summed E-state index contributed by atoms with van der Waals surface area (Å²) in [5, 5.41) is 13.7. The first-order valence-corrected chi connectivity index (χ1v) is 12.2. The van der Waals surface area contributed by atoms with E-state index in [9.17, 15) is 0 Å². The maximum Gasteiger partial charge on any atom is 0.231 e. The molecule has 0 radical (unpaired) electrons. The van der Waals surface area contributed by atoms with Crippen molar-refractivity contribution in [2.75, 3.05) is 33.0 Å². The topological polar surface area (TPSA) is 68.5 Å². The van der Waals surface area contributed by atoms with Gasteiger partial charge >= 0.3 is 0 Å². The lowest BCUT2D eigenvalue weighted by Crippen LogP contribution is -2.48. The van der Waals surface area contributed by atoms with Crippen molar-refractivity contribution in [1.29, 1.82) is 0 Å². The Morgan fingerprint density at radius 1 is 1.00 bits per heavy atom. The highest BCUT2D eigenvalue weighted by Crippen LogP contribution is 2.34. The summed E-state index contributed by atoms with van der Waals surface area (Å²) in [5.41, 5.74) is 2.21. The molecule has 0 N–H and O–H groups in total. The maximum absolute atomic E-state index is 6.20. The van der Waals surface area contributed by atoms with Crippen LogP contribution < -0.4 is 9.47 Å². The number of hydrogen-bond donors (Lipinski definition) is 0. The Bertz CT molecular complexity index is 1120. The van der Waals surface area contributed by atoms with E-state index in [4.69, 9.17) is 21.1 Å². The maximum atomic E-state index is 6.20. The van der Waals surface area contributed by atoms with Gasteiger partial charge in [0, 0.05) is 37.7 Å². The van der Waals surface area contributed by atoms with Gasteiger partial charge in [0.1, 0.15) is 0 Å². The van der Waals surface area contributed by atoms with Crippen LogP contribution in [0.2, 0.25) is 5.02 Å². The van der Waals surface area contributed by atoms with E-state index in [0.29, 0.717) is 6.79 Å². The quantitative estimate of drug-likeness (QED) is 0.502. The molecule has 8 nitrogen and oxygen atoms in total. The normalized spacial score (nSPS) is 17.8. The Kier molecular flexibility index (Phi) is 6.46. The monoisotopic (exact) mass is 482 g/mol. The lowest BCUT2D eigenvalue weighted by Gasteiger charge is -2.39. The molecule has 0 bridgehead atoms. The van der Waals surface area contributed by atoms with Crippen LogP contribution in [-0.4, -0.2) is 63.0 Å². The predicted octanol–water partition coefficient (Wildman–Crippen LogP) is 4.11. The van der Waals surface area contributed by atoms with Crippen molar-refractivity contribution in [2.45, 2.75) is 45.3 Å². The number of halogens is 1. The van der Waals surface area contributed by atoms with E-state index in [-0.39, 0.29) is 11.6 Å². The lowest BCUT2D eigenvalue weighted by atomic mass is 9.99. The fourth-order valence-corrected chi connectivity index (χ4v) is 4.72. The molecule has 3 aromatic rings. The molecular formula is C25H31ClN6O2. The van der Waals surface area contributed by atoms with Crippen molar-refractivity contribution in [3.8, 4) is 11.5 Å². The Labute approximate surface area is 205 Å². The Morgan fingerprint density at radius 3 is 2.47 bits per heavy atom. The predicted molar refractivity (Wildman–Crippen MR) is 130 cm³/mol. The van der Waals surface area contributed by atoms with Crippen LogP contribution in [0.15, 0.2) is 42.5 Å². The molecule has 2 aliphatic rings. The molecule has 2 aliphatic heterocycles. The molecule has 3 heterocycles. The molecule has 1 aromatic heterocycles. The number of benzene rings is 2.